The number of halogens is 3. The fourth-order valence-electron chi connectivity index (χ4n) is 1.02. The van der Waals surface area contributed by atoms with Crippen LogP contribution in [0.15, 0.2) is 29.3 Å². The van der Waals surface area contributed by atoms with Crippen molar-refractivity contribution in [2.45, 2.75) is 0 Å². The van der Waals surface area contributed by atoms with Gasteiger partial charge in [-0.1, -0.05) is 0 Å². The first kappa shape index (κ1) is 9.26. The monoisotopic (exact) mass is 259 g/mol. The largest absolute Gasteiger partial charge is 0.217 e. The summed E-state index contributed by atoms with van der Waals surface area (Å²) in [4.78, 5) is 3.74. The van der Waals surface area contributed by atoms with Crippen molar-refractivity contribution in [3.8, 4) is 5.69 Å². The maximum Gasteiger partial charge on any atom is 0.217 e. The summed E-state index contributed by atoms with van der Waals surface area (Å²) in [6, 6.07) is 3.14. The van der Waals surface area contributed by atoms with E-state index in [4.69, 9.17) is 0 Å². The Morgan fingerprint density at radius 3 is 2.71 bits per heavy atom. The lowest BCUT2D eigenvalue weighted by atomic mass is 10.3. The number of rotatable bonds is 1. The number of hydrogen-bond donors (Lipinski definition) is 0. The van der Waals surface area contributed by atoms with Gasteiger partial charge in [0.1, 0.15) is 23.6 Å². The van der Waals surface area contributed by atoms with Gasteiger partial charge in [-0.05, 0) is 28.1 Å². The standard InChI is InChI=1S/C8H4BrF2N3/c9-8-12-4-14(13-8)7-3-5(10)1-2-6(7)11/h1-4H. The molecule has 1 heterocycles. The Kier molecular flexibility index (Phi) is 2.28. The molecule has 0 saturated carbocycles. The molecule has 3 nitrogen and oxygen atoms in total. The van der Waals surface area contributed by atoms with Gasteiger partial charge in [-0.25, -0.2) is 18.4 Å². The van der Waals surface area contributed by atoms with E-state index in [-0.39, 0.29) is 5.69 Å². The van der Waals surface area contributed by atoms with Crippen LogP contribution in [0.1, 0.15) is 0 Å². The minimum Gasteiger partial charge on any atom is -0.217 e. The molecule has 0 bridgehead atoms. The summed E-state index contributed by atoms with van der Waals surface area (Å²) in [6.45, 7) is 0. The second kappa shape index (κ2) is 3.45. The van der Waals surface area contributed by atoms with Gasteiger partial charge >= 0.3 is 0 Å². The predicted octanol–water partition coefficient (Wildman–Crippen LogP) is 2.31. The minimum atomic E-state index is -0.552. The highest BCUT2D eigenvalue weighted by atomic mass is 79.9. The molecule has 2 aromatic rings. The highest BCUT2D eigenvalue weighted by Crippen LogP contribution is 2.14. The highest BCUT2D eigenvalue weighted by molar-refractivity contribution is 9.10. The topological polar surface area (TPSA) is 30.7 Å². The van der Waals surface area contributed by atoms with Gasteiger partial charge in [0.05, 0.1) is 0 Å². The number of nitrogens with zero attached hydrogens (tertiary/aromatic N) is 3. The van der Waals surface area contributed by atoms with Crippen LogP contribution in [0.5, 0.6) is 0 Å². The van der Waals surface area contributed by atoms with E-state index in [2.05, 4.69) is 26.0 Å². The Balaban J connectivity index is 2.55. The Morgan fingerprint density at radius 1 is 1.29 bits per heavy atom. The Hall–Kier alpha value is -1.30. The van der Waals surface area contributed by atoms with Crippen molar-refractivity contribution in [2.75, 3.05) is 0 Å². The zero-order chi connectivity index (χ0) is 10.1. The van der Waals surface area contributed by atoms with E-state index in [1.165, 1.54) is 6.33 Å². The van der Waals surface area contributed by atoms with Crippen molar-refractivity contribution in [2.24, 2.45) is 0 Å². The van der Waals surface area contributed by atoms with E-state index in [0.717, 1.165) is 22.9 Å². The minimum absolute atomic E-state index is 0.0307. The molecule has 72 valence electrons. The molecule has 0 fully saturated rings. The second-order valence-corrected chi connectivity index (χ2v) is 3.26. The summed E-state index contributed by atoms with van der Waals surface area (Å²) in [5.74, 6) is -1.07. The van der Waals surface area contributed by atoms with Crippen molar-refractivity contribution in [3.63, 3.8) is 0 Å². The van der Waals surface area contributed by atoms with Gasteiger partial charge in [0.25, 0.3) is 0 Å². The summed E-state index contributed by atoms with van der Waals surface area (Å²) in [7, 11) is 0. The Bertz CT molecular complexity index is 469. The molecule has 2 rings (SSSR count). The first-order valence-electron chi connectivity index (χ1n) is 3.69. The van der Waals surface area contributed by atoms with Gasteiger partial charge in [0.2, 0.25) is 4.73 Å². The fourth-order valence-corrected chi connectivity index (χ4v) is 1.28. The van der Waals surface area contributed by atoms with Crippen molar-refractivity contribution in [1.29, 1.82) is 0 Å². The summed E-state index contributed by atoms with van der Waals surface area (Å²) in [5.41, 5.74) is 0.0307. The van der Waals surface area contributed by atoms with Gasteiger partial charge in [0.15, 0.2) is 0 Å². The van der Waals surface area contributed by atoms with E-state index < -0.39 is 11.6 Å². The van der Waals surface area contributed by atoms with Crippen LogP contribution < -0.4 is 0 Å². The molecule has 6 heteroatoms. The molecule has 0 aliphatic heterocycles. The molecule has 1 aromatic carbocycles. The summed E-state index contributed by atoms with van der Waals surface area (Å²) in [5, 5.41) is 3.80. The Morgan fingerprint density at radius 2 is 2.07 bits per heavy atom. The lowest BCUT2D eigenvalue weighted by Crippen LogP contribution is -1.98. The van der Waals surface area contributed by atoms with Crippen LogP contribution in [0.3, 0.4) is 0 Å². The van der Waals surface area contributed by atoms with Crippen molar-refractivity contribution >= 4 is 15.9 Å². The zero-order valence-corrected chi connectivity index (χ0v) is 8.37. The quantitative estimate of drug-likeness (QED) is 0.787. The third-order valence-electron chi connectivity index (χ3n) is 1.62. The molecule has 0 saturated heterocycles. The molecule has 0 aliphatic carbocycles. The molecule has 0 N–H and O–H groups in total. The SMILES string of the molecule is Fc1ccc(F)c(-n2cnc(Br)n2)c1. The van der Waals surface area contributed by atoms with Gasteiger partial charge in [-0.3, -0.25) is 0 Å². The van der Waals surface area contributed by atoms with Crippen LogP contribution in [-0.4, -0.2) is 14.8 Å². The molecule has 0 aliphatic rings. The third kappa shape index (κ3) is 1.65. The summed E-state index contributed by atoms with van der Waals surface area (Å²) >= 11 is 3.01. The normalized spacial score (nSPS) is 10.5. The molecule has 0 amide bonds. The average Bonchev–Trinajstić information content (AvgIpc) is 2.56. The molecule has 0 atom stereocenters. The first-order valence-corrected chi connectivity index (χ1v) is 4.49. The lowest BCUT2D eigenvalue weighted by molar-refractivity contribution is 0.586. The lowest BCUT2D eigenvalue weighted by Gasteiger charge is -2.01. The number of aromatic nitrogens is 3. The van der Waals surface area contributed by atoms with Crippen molar-refractivity contribution in [3.05, 3.63) is 40.9 Å². The van der Waals surface area contributed by atoms with Crippen LogP contribution in [0.2, 0.25) is 0 Å². The molecular weight excluding hydrogens is 256 g/mol. The Labute approximate surface area is 86.5 Å². The van der Waals surface area contributed by atoms with Crippen LogP contribution in [-0.2, 0) is 0 Å². The zero-order valence-electron chi connectivity index (χ0n) is 6.78. The van der Waals surface area contributed by atoms with E-state index in [0.29, 0.717) is 4.73 Å². The van der Waals surface area contributed by atoms with E-state index in [1.54, 1.807) is 0 Å². The van der Waals surface area contributed by atoms with Crippen LogP contribution in [0, 0.1) is 11.6 Å². The first-order chi connectivity index (χ1) is 6.66. The molecular formula is C8H4BrF2N3. The van der Waals surface area contributed by atoms with Crippen molar-refractivity contribution < 1.29 is 8.78 Å². The molecule has 14 heavy (non-hydrogen) atoms. The van der Waals surface area contributed by atoms with Crippen LogP contribution >= 0.6 is 15.9 Å². The van der Waals surface area contributed by atoms with E-state index >= 15 is 0 Å². The van der Waals surface area contributed by atoms with E-state index in [1.807, 2.05) is 0 Å². The molecule has 1 aromatic heterocycles. The molecule has 0 spiro atoms. The van der Waals surface area contributed by atoms with Gasteiger partial charge in [-0.2, -0.15) is 0 Å². The summed E-state index contributed by atoms with van der Waals surface area (Å²) in [6.07, 6.45) is 1.29. The van der Waals surface area contributed by atoms with Crippen LogP contribution in [0.4, 0.5) is 8.78 Å². The average molecular weight is 260 g/mol. The second-order valence-electron chi connectivity index (χ2n) is 2.55. The van der Waals surface area contributed by atoms with Gasteiger partial charge in [0, 0.05) is 6.07 Å². The molecule has 0 unspecified atom stereocenters. The predicted molar refractivity (Wildman–Crippen MR) is 49.0 cm³/mol. The number of benzene rings is 1. The van der Waals surface area contributed by atoms with E-state index in [9.17, 15) is 8.78 Å². The van der Waals surface area contributed by atoms with Gasteiger partial charge in [-0.15, -0.1) is 5.10 Å². The molecule has 0 radical (unpaired) electrons. The van der Waals surface area contributed by atoms with Gasteiger partial charge < -0.3 is 0 Å². The van der Waals surface area contributed by atoms with Crippen LogP contribution in [0.25, 0.3) is 5.69 Å². The maximum absolute atomic E-state index is 13.2. The highest BCUT2D eigenvalue weighted by Gasteiger charge is 2.07. The number of hydrogen-bond acceptors (Lipinski definition) is 2. The maximum atomic E-state index is 13.2. The smallest absolute Gasteiger partial charge is 0.217 e. The summed E-state index contributed by atoms with van der Waals surface area (Å²) < 4.78 is 27.5. The third-order valence-corrected chi connectivity index (χ3v) is 1.98. The fraction of sp³-hybridized carbons (Fsp3) is 0. The van der Waals surface area contributed by atoms with Crippen molar-refractivity contribution in [1.82, 2.24) is 14.8 Å².